The molecule has 0 bridgehead atoms. The molecular weight excluding hydrogens is 365 g/mol. The average Bonchev–Trinajstić information content (AvgIpc) is 2.59. The number of aliphatic carboxylic acids is 2. The molecular formula is C19H17F3O5. The lowest BCUT2D eigenvalue weighted by Crippen LogP contribution is -2.41. The van der Waals surface area contributed by atoms with Gasteiger partial charge in [-0.25, -0.2) is 4.79 Å². The first-order valence-electron chi connectivity index (χ1n) is 7.96. The Balaban J connectivity index is 2.19. The highest BCUT2D eigenvalue weighted by Gasteiger charge is 2.38. The third kappa shape index (κ3) is 5.07. The first-order valence-corrected chi connectivity index (χ1v) is 7.96. The highest BCUT2D eigenvalue weighted by Crippen LogP contribution is 2.37. The summed E-state index contributed by atoms with van der Waals surface area (Å²) in [6, 6.07) is 11.1. The predicted octanol–water partition coefficient (Wildman–Crippen LogP) is 3.60. The minimum atomic E-state index is -4.50. The van der Waals surface area contributed by atoms with Crippen LogP contribution in [0.1, 0.15) is 24.0 Å². The predicted molar refractivity (Wildman–Crippen MR) is 90.0 cm³/mol. The van der Waals surface area contributed by atoms with Crippen molar-refractivity contribution in [2.24, 2.45) is 0 Å². The van der Waals surface area contributed by atoms with E-state index in [2.05, 4.69) is 0 Å². The zero-order valence-corrected chi connectivity index (χ0v) is 14.0. The van der Waals surface area contributed by atoms with Gasteiger partial charge in [-0.15, -0.1) is 0 Å². The molecule has 5 nitrogen and oxygen atoms in total. The van der Waals surface area contributed by atoms with Crippen LogP contribution in [0.3, 0.4) is 0 Å². The van der Waals surface area contributed by atoms with Crippen LogP contribution in [-0.2, 0) is 22.2 Å². The molecule has 0 aliphatic heterocycles. The van der Waals surface area contributed by atoms with Crippen LogP contribution in [0.4, 0.5) is 13.2 Å². The molecule has 0 fully saturated rings. The van der Waals surface area contributed by atoms with Crippen molar-refractivity contribution in [2.45, 2.75) is 31.0 Å². The van der Waals surface area contributed by atoms with Gasteiger partial charge in [-0.2, -0.15) is 13.2 Å². The maximum Gasteiger partial charge on any atom is 0.417 e. The number of carboxylic acids is 2. The second-order valence-corrected chi connectivity index (χ2v) is 6.15. The van der Waals surface area contributed by atoms with Gasteiger partial charge in [0.25, 0.3) is 0 Å². The van der Waals surface area contributed by atoms with Crippen molar-refractivity contribution in [2.75, 3.05) is 0 Å². The molecule has 144 valence electrons. The van der Waals surface area contributed by atoms with Crippen LogP contribution in [0.15, 0.2) is 48.5 Å². The molecule has 0 saturated heterocycles. The molecule has 1 unspecified atom stereocenters. The number of alkyl halides is 3. The van der Waals surface area contributed by atoms with Gasteiger partial charge < -0.3 is 15.3 Å². The Labute approximate surface area is 152 Å². The maximum atomic E-state index is 13.1. The van der Waals surface area contributed by atoms with Gasteiger partial charge in [0.1, 0.15) is 0 Å². The Kier molecular flexibility index (Phi) is 5.90. The van der Waals surface area contributed by atoms with E-state index in [-0.39, 0.29) is 18.4 Å². The zero-order valence-electron chi connectivity index (χ0n) is 14.0. The van der Waals surface area contributed by atoms with E-state index in [0.717, 1.165) is 6.07 Å². The summed E-state index contributed by atoms with van der Waals surface area (Å²) in [6.07, 6.45) is -5.73. The Bertz CT molecular complexity index is 830. The van der Waals surface area contributed by atoms with Crippen LogP contribution in [0.25, 0.3) is 11.1 Å². The van der Waals surface area contributed by atoms with Crippen molar-refractivity contribution >= 4 is 11.9 Å². The van der Waals surface area contributed by atoms with Gasteiger partial charge in [-0.1, -0.05) is 42.5 Å². The lowest BCUT2D eigenvalue weighted by atomic mass is 9.91. The van der Waals surface area contributed by atoms with Crippen LogP contribution in [0, 0.1) is 0 Å². The van der Waals surface area contributed by atoms with Gasteiger partial charge in [0.05, 0.1) is 12.0 Å². The van der Waals surface area contributed by atoms with E-state index in [0.29, 0.717) is 11.1 Å². The minimum Gasteiger partial charge on any atom is -0.481 e. The Morgan fingerprint density at radius 3 is 2.04 bits per heavy atom. The van der Waals surface area contributed by atoms with Gasteiger partial charge in [0.2, 0.25) is 0 Å². The summed E-state index contributed by atoms with van der Waals surface area (Å²) in [5.41, 5.74) is -2.25. The molecule has 0 aliphatic carbocycles. The molecule has 3 N–H and O–H groups in total. The Morgan fingerprint density at radius 1 is 0.926 bits per heavy atom. The van der Waals surface area contributed by atoms with Crippen molar-refractivity contribution in [3.05, 3.63) is 59.7 Å². The molecule has 0 spiro atoms. The van der Waals surface area contributed by atoms with Crippen molar-refractivity contribution in [3.63, 3.8) is 0 Å². The van der Waals surface area contributed by atoms with Gasteiger partial charge in [-0.3, -0.25) is 4.79 Å². The third-order valence-electron chi connectivity index (χ3n) is 4.17. The van der Waals surface area contributed by atoms with E-state index in [1.165, 1.54) is 42.5 Å². The van der Waals surface area contributed by atoms with Crippen LogP contribution in [-0.4, -0.2) is 32.9 Å². The number of carboxylic acid groups (broad SMARTS) is 2. The number of rotatable bonds is 7. The van der Waals surface area contributed by atoms with E-state index in [1.807, 2.05) is 0 Å². The Hall–Kier alpha value is -2.87. The number of halogens is 3. The van der Waals surface area contributed by atoms with Crippen LogP contribution < -0.4 is 0 Å². The van der Waals surface area contributed by atoms with Gasteiger partial charge in [0.15, 0.2) is 5.60 Å². The maximum absolute atomic E-state index is 13.1. The number of aliphatic hydroxyl groups is 1. The van der Waals surface area contributed by atoms with E-state index in [4.69, 9.17) is 10.2 Å². The standard InChI is InChI=1S/C19H17F3O5/c20-19(21,22)15-4-2-1-3-14(15)13-7-5-12(6-8-13)9-10-18(27,17(25)26)11-16(23)24/h1-8,27H,9-11H2,(H,23,24)(H,25,26). The summed E-state index contributed by atoms with van der Waals surface area (Å²) >= 11 is 0. The van der Waals surface area contributed by atoms with Crippen molar-refractivity contribution < 1.29 is 38.1 Å². The second-order valence-electron chi connectivity index (χ2n) is 6.15. The highest BCUT2D eigenvalue weighted by atomic mass is 19.4. The largest absolute Gasteiger partial charge is 0.481 e. The third-order valence-corrected chi connectivity index (χ3v) is 4.17. The summed E-state index contributed by atoms with van der Waals surface area (Å²) in [5, 5.41) is 27.7. The molecule has 2 rings (SSSR count). The SMILES string of the molecule is O=C(O)CC(O)(CCc1ccc(-c2ccccc2C(F)(F)F)cc1)C(=O)O. The molecule has 27 heavy (non-hydrogen) atoms. The fraction of sp³-hybridized carbons (Fsp3) is 0.263. The second kappa shape index (κ2) is 7.79. The normalized spacial score (nSPS) is 13.8. The van der Waals surface area contributed by atoms with Gasteiger partial charge in [0, 0.05) is 0 Å². The van der Waals surface area contributed by atoms with Crippen LogP contribution in [0.5, 0.6) is 0 Å². The van der Waals surface area contributed by atoms with E-state index >= 15 is 0 Å². The lowest BCUT2D eigenvalue weighted by Gasteiger charge is -2.21. The topological polar surface area (TPSA) is 94.8 Å². The molecule has 8 heteroatoms. The monoisotopic (exact) mass is 382 g/mol. The van der Waals surface area contributed by atoms with E-state index < -0.39 is 35.7 Å². The molecule has 2 aromatic carbocycles. The minimum absolute atomic E-state index is 0.0180. The number of hydrogen-bond donors (Lipinski definition) is 3. The van der Waals surface area contributed by atoms with Gasteiger partial charge in [-0.05, 0) is 35.6 Å². The first kappa shape index (κ1) is 20.4. The molecule has 0 saturated carbocycles. The molecule has 0 aromatic heterocycles. The summed E-state index contributed by atoms with van der Waals surface area (Å²) in [6.45, 7) is 0. The summed E-state index contributed by atoms with van der Waals surface area (Å²) in [4.78, 5) is 21.9. The van der Waals surface area contributed by atoms with Crippen molar-refractivity contribution in [1.29, 1.82) is 0 Å². The van der Waals surface area contributed by atoms with Crippen molar-refractivity contribution in [1.82, 2.24) is 0 Å². The fourth-order valence-corrected chi connectivity index (χ4v) is 2.71. The van der Waals surface area contributed by atoms with E-state index in [1.54, 1.807) is 0 Å². The summed E-state index contributed by atoms with van der Waals surface area (Å²) in [7, 11) is 0. The number of aryl methyl sites for hydroxylation is 1. The highest BCUT2D eigenvalue weighted by molar-refractivity contribution is 5.83. The first-order chi connectivity index (χ1) is 12.5. The smallest absolute Gasteiger partial charge is 0.417 e. The molecule has 1 atom stereocenters. The molecule has 0 heterocycles. The zero-order chi connectivity index (χ0) is 20.2. The lowest BCUT2D eigenvalue weighted by molar-refractivity contribution is -0.166. The number of benzene rings is 2. The Morgan fingerprint density at radius 2 is 1.52 bits per heavy atom. The molecule has 0 aliphatic rings. The number of carbonyl (C=O) groups is 2. The number of hydrogen-bond acceptors (Lipinski definition) is 3. The van der Waals surface area contributed by atoms with E-state index in [9.17, 15) is 27.9 Å². The van der Waals surface area contributed by atoms with Crippen LogP contribution in [0.2, 0.25) is 0 Å². The quantitative estimate of drug-likeness (QED) is 0.680. The van der Waals surface area contributed by atoms with Gasteiger partial charge >= 0.3 is 18.1 Å². The molecule has 2 aromatic rings. The fourth-order valence-electron chi connectivity index (χ4n) is 2.71. The summed E-state index contributed by atoms with van der Waals surface area (Å²) < 4.78 is 39.3. The molecule has 0 amide bonds. The average molecular weight is 382 g/mol. The van der Waals surface area contributed by atoms with Crippen molar-refractivity contribution in [3.8, 4) is 11.1 Å². The summed E-state index contributed by atoms with van der Waals surface area (Å²) in [5.74, 6) is -3.08. The van der Waals surface area contributed by atoms with Crippen LogP contribution >= 0.6 is 0 Å². The molecule has 0 radical (unpaired) electrons.